The van der Waals surface area contributed by atoms with Crippen LogP contribution in [0, 0.1) is 11.7 Å². The number of methoxy groups -OCH3 is 3. The van der Waals surface area contributed by atoms with E-state index in [0.29, 0.717) is 35.2 Å². The lowest BCUT2D eigenvalue weighted by molar-refractivity contribution is 0.0778. The van der Waals surface area contributed by atoms with Gasteiger partial charge in [-0.3, -0.25) is 9.59 Å². The Morgan fingerprint density at radius 2 is 1.66 bits per heavy atom. The van der Waals surface area contributed by atoms with E-state index in [9.17, 15) is 14.0 Å². The van der Waals surface area contributed by atoms with Crippen LogP contribution in [0.15, 0.2) is 60.7 Å². The Morgan fingerprint density at radius 3 is 2.27 bits per heavy atom. The Labute approximate surface area is 256 Å². The number of rotatable bonds is 12. The summed E-state index contributed by atoms with van der Waals surface area (Å²) in [6.45, 7) is 2.82. The minimum atomic E-state index is -0.300. The third-order valence-corrected chi connectivity index (χ3v) is 8.47. The number of likely N-dealkylation sites (tertiary alicyclic amines) is 1. The molecule has 1 aliphatic heterocycles. The standard InChI is InChI=1S/C34H39FN4O5/c1-38(34(41)25-19-29(42-2)32(44-4)30(20-25)43-3)21-24(22-9-11-26(35)12-10-22)15-18-39-16-13-23(14-17-39)31(40)33-36-27-7-5-6-8-28(27)37-33/h5-12,19-20,23-24H,13-18,21H2,1-4H3,(H,36,37). The Balaban J connectivity index is 1.23. The van der Waals surface area contributed by atoms with Gasteiger partial charge in [-0.05, 0) is 80.9 Å². The summed E-state index contributed by atoms with van der Waals surface area (Å²) in [5.74, 6) is 1.14. The summed E-state index contributed by atoms with van der Waals surface area (Å²) >= 11 is 0. The molecule has 1 aliphatic rings. The highest BCUT2D eigenvalue weighted by Gasteiger charge is 2.29. The van der Waals surface area contributed by atoms with Gasteiger partial charge in [-0.25, -0.2) is 9.37 Å². The number of imidazole rings is 1. The normalized spacial score (nSPS) is 14.8. The van der Waals surface area contributed by atoms with Crippen LogP contribution in [-0.2, 0) is 0 Å². The second-order valence-electron chi connectivity index (χ2n) is 11.2. The first-order chi connectivity index (χ1) is 21.3. The van der Waals surface area contributed by atoms with Crippen LogP contribution in [-0.4, -0.2) is 86.0 Å². The number of likely N-dealkylation sites (N-methyl/N-ethyl adjacent to an activating group) is 1. The number of H-pyrrole nitrogens is 1. The lowest BCUT2D eigenvalue weighted by Gasteiger charge is -2.33. The molecular formula is C34H39FN4O5. The molecule has 3 aromatic carbocycles. The summed E-state index contributed by atoms with van der Waals surface area (Å²) in [6, 6.07) is 17.4. The van der Waals surface area contributed by atoms with Crippen molar-refractivity contribution in [3.05, 3.63) is 83.4 Å². The molecule has 0 bridgehead atoms. The van der Waals surface area contributed by atoms with Crippen molar-refractivity contribution in [2.75, 3.05) is 54.6 Å². The Kier molecular flexibility index (Phi) is 9.79. The molecule has 1 N–H and O–H groups in total. The number of nitrogens with zero attached hydrogens (tertiary/aromatic N) is 3. The summed E-state index contributed by atoms with van der Waals surface area (Å²) in [6.07, 6.45) is 2.29. The lowest BCUT2D eigenvalue weighted by atomic mass is 9.90. The van der Waals surface area contributed by atoms with E-state index in [4.69, 9.17) is 14.2 Å². The number of aromatic amines is 1. The number of ether oxygens (including phenoxy) is 3. The number of nitrogens with one attached hydrogen (secondary N) is 1. The van der Waals surface area contributed by atoms with Gasteiger partial charge in [0.2, 0.25) is 11.5 Å². The molecule has 1 fully saturated rings. The first-order valence-electron chi connectivity index (χ1n) is 14.8. The lowest BCUT2D eigenvalue weighted by Crippen LogP contribution is -2.38. The number of carbonyl (C=O) groups is 2. The smallest absolute Gasteiger partial charge is 0.253 e. The van der Waals surface area contributed by atoms with Crippen LogP contribution in [0.4, 0.5) is 4.39 Å². The van der Waals surface area contributed by atoms with Crippen molar-refractivity contribution in [1.29, 1.82) is 0 Å². The molecule has 10 heteroatoms. The number of halogens is 1. The van der Waals surface area contributed by atoms with Gasteiger partial charge in [-0.15, -0.1) is 0 Å². The van der Waals surface area contributed by atoms with Gasteiger partial charge in [0.05, 0.1) is 32.4 Å². The molecule has 1 unspecified atom stereocenters. The van der Waals surface area contributed by atoms with Crippen LogP contribution < -0.4 is 14.2 Å². The molecule has 0 spiro atoms. The summed E-state index contributed by atoms with van der Waals surface area (Å²) in [7, 11) is 6.30. The molecule has 1 aromatic heterocycles. The SMILES string of the molecule is COc1cc(C(=O)N(C)CC(CCN2CCC(C(=O)c3nc4ccccc4[nH]3)CC2)c2ccc(F)cc2)cc(OC)c1OC. The number of aromatic nitrogens is 2. The minimum Gasteiger partial charge on any atom is -0.493 e. The maximum atomic E-state index is 13.8. The number of carbonyl (C=O) groups excluding carboxylic acids is 2. The molecule has 44 heavy (non-hydrogen) atoms. The maximum absolute atomic E-state index is 13.8. The number of hydrogen-bond donors (Lipinski definition) is 1. The fourth-order valence-electron chi connectivity index (χ4n) is 5.96. The molecule has 5 rings (SSSR count). The van der Waals surface area contributed by atoms with Crippen molar-refractivity contribution in [2.24, 2.45) is 5.92 Å². The van der Waals surface area contributed by atoms with Crippen LogP contribution in [0.25, 0.3) is 11.0 Å². The quantitative estimate of drug-likeness (QED) is 0.212. The molecule has 1 amide bonds. The zero-order valence-electron chi connectivity index (χ0n) is 25.6. The minimum absolute atomic E-state index is 0.0264. The number of piperidine rings is 1. The Morgan fingerprint density at radius 1 is 1.00 bits per heavy atom. The summed E-state index contributed by atoms with van der Waals surface area (Å²) in [5.41, 5.74) is 3.05. The predicted octanol–water partition coefficient (Wildman–Crippen LogP) is 5.57. The van der Waals surface area contributed by atoms with E-state index in [1.165, 1.54) is 33.5 Å². The van der Waals surface area contributed by atoms with Crippen LogP contribution in [0.2, 0.25) is 0 Å². The molecule has 4 aromatic rings. The summed E-state index contributed by atoms with van der Waals surface area (Å²) < 4.78 is 30.1. The fourth-order valence-corrected chi connectivity index (χ4v) is 5.96. The second-order valence-corrected chi connectivity index (χ2v) is 11.2. The molecule has 0 radical (unpaired) electrons. The van der Waals surface area contributed by atoms with Gasteiger partial charge in [0.15, 0.2) is 17.3 Å². The first-order valence-corrected chi connectivity index (χ1v) is 14.8. The van der Waals surface area contributed by atoms with Gasteiger partial charge in [0.25, 0.3) is 5.91 Å². The predicted molar refractivity (Wildman–Crippen MR) is 166 cm³/mol. The highest BCUT2D eigenvalue weighted by atomic mass is 19.1. The van der Waals surface area contributed by atoms with Crippen molar-refractivity contribution in [1.82, 2.24) is 19.8 Å². The molecule has 0 saturated carbocycles. The number of ketones is 1. The molecule has 2 heterocycles. The number of hydrogen-bond acceptors (Lipinski definition) is 7. The molecular weight excluding hydrogens is 563 g/mol. The monoisotopic (exact) mass is 602 g/mol. The van der Waals surface area contributed by atoms with Gasteiger partial charge < -0.3 is 29.0 Å². The van der Waals surface area contributed by atoms with Crippen LogP contribution in [0.3, 0.4) is 0 Å². The van der Waals surface area contributed by atoms with E-state index >= 15 is 0 Å². The number of fused-ring (bicyclic) bond motifs is 1. The number of benzene rings is 3. The van der Waals surface area contributed by atoms with E-state index in [0.717, 1.165) is 55.5 Å². The zero-order chi connectivity index (χ0) is 31.2. The number of para-hydroxylation sites is 2. The highest BCUT2D eigenvalue weighted by Crippen LogP contribution is 2.38. The van der Waals surface area contributed by atoms with E-state index in [1.807, 2.05) is 24.3 Å². The second kappa shape index (κ2) is 13.9. The number of amides is 1. The Hall–Kier alpha value is -4.44. The average molecular weight is 603 g/mol. The number of Topliss-reactive ketones (excluding diaryl/α,β-unsaturated/α-hetero) is 1. The Bertz CT molecular complexity index is 1540. The van der Waals surface area contributed by atoms with Crippen molar-refractivity contribution in [3.8, 4) is 17.2 Å². The van der Waals surface area contributed by atoms with Gasteiger partial charge in [-0.2, -0.15) is 0 Å². The molecule has 1 atom stereocenters. The van der Waals surface area contributed by atoms with Gasteiger partial charge >= 0.3 is 0 Å². The van der Waals surface area contributed by atoms with Crippen LogP contribution in [0.1, 0.15) is 51.7 Å². The van der Waals surface area contributed by atoms with Crippen molar-refractivity contribution in [3.63, 3.8) is 0 Å². The van der Waals surface area contributed by atoms with Crippen molar-refractivity contribution < 1.29 is 28.2 Å². The van der Waals surface area contributed by atoms with E-state index in [1.54, 1.807) is 36.2 Å². The third kappa shape index (κ3) is 6.86. The average Bonchev–Trinajstić information content (AvgIpc) is 3.50. The molecule has 9 nitrogen and oxygen atoms in total. The third-order valence-electron chi connectivity index (χ3n) is 8.47. The van der Waals surface area contributed by atoms with Crippen LogP contribution >= 0.6 is 0 Å². The van der Waals surface area contributed by atoms with E-state index in [-0.39, 0.29) is 29.3 Å². The van der Waals surface area contributed by atoms with E-state index in [2.05, 4.69) is 14.9 Å². The highest BCUT2D eigenvalue weighted by molar-refractivity contribution is 5.97. The molecule has 1 saturated heterocycles. The fraction of sp³-hybridized carbons (Fsp3) is 0.382. The zero-order valence-corrected chi connectivity index (χ0v) is 25.6. The van der Waals surface area contributed by atoms with Gasteiger partial charge in [-0.1, -0.05) is 24.3 Å². The molecule has 232 valence electrons. The summed E-state index contributed by atoms with van der Waals surface area (Å²) in [5, 5.41) is 0. The molecule has 0 aliphatic carbocycles. The van der Waals surface area contributed by atoms with Crippen LogP contribution in [0.5, 0.6) is 17.2 Å². The topological polar surface area (TPSA) is 97.0 Å². The van der Waals surface area contributed by atoms with E-state index < -0.39 is 0 Å². The largest absolute Gasteiger partial charge is 0.493 e. The van der Waals surface area contributed by atoms with Crippen molar-refractivity contribution in [2.45, 2.75) is 25.2 Å². The van der Waals surface area contributed by atoms with Gasteiger partial charge in [0, 0.05) is 31.0 Å². The maximum Gasteiger partial charge on any atom is 0.253 e. The summed E-state index contributed by atoms with van der Waals surface area (Å²) in [4.78, 5) is 38.4. The van der Waals surface area contributed by atoms with Crippen molar-refractivity contribution >= 4 is 22.7 Å². The first kappa shape index (κ1) is 31.0. The van der Waals surface area contributed by atoms with Gasteiger partial charge in [0.1, 0.15) is 5.82 Å².